The van der Waals surface area contributed by atoms with Gasteiger partial charge in [-0.1, -0.05) is 54.8 Å². The van der Waals surface area contributed by atoms with Crippen LogP contribution in [-0.4, -0.2) is 24.2 Å². The standard InChI is InChI=1S/C29H22Cl4FN3O2Si/c1-40(2,3)11-10-16-4-5-17(13-23(16)31)25-26(29(25,32)33)28(39)36-20-7-8-22(30)21(14-20)27(38)37-24-9-6-19(34)12-18(24)15-35/h4-9,12-14,25-26H,1-3H3,(H,36,39)(H,37,38). The molecule has 2 atom stereocenters. The van der Waals surface area contributed by atoms with Crippen molar-refractivity contribution in [1.82, 2.24) is 0 Å². The summed E-state index contributed by atoms with van der Waals surface area (Å²) in [6.07, 6.45) is 0. The van der Waals surface area contributed by atoms with Gasteiger partial charge in [0.05, 0.1) is 32.8 Å². The van der Waals surface area contributed by atoms with E-state index in [1.54, 1.807) is 12.1 Å². The van der Waals surface area contributed by atoms with E-state index in [1.807, 2.05) is 12.1 Å². The van der Waals surface area contributed by atoms with Crippen LogP contribution in [0.5, 0.6) is 0 Å². The molecular weight excluding hydrogens is 611 g/mol. The largest absolute Gasteiger partial charge is 0.326 e. The highest BCUT2D eigenvalue weighted by atomic mass is 35.5. The maximum absolute atomic E-state index is 13.4. The van der Waals surface area contributed by atoms with Gasteiger partial charge in [-0.25, -0.2) is 4.39 Å². The number of nitriles is 1. The summed E-state index contributed by atoms with van der Waals surface area (Å²) in [7, 11) is -1.59. The number of hydrogen-bond acceptors (Lipinski definition) is 3. The van der Waals surface area contributed by atoms with Crippen molar-refractivity contribution in [2.75, 3.05) is 10.6 Å². The van der Waals surface area contributed by atoms with Crippen LogP contribution in [0.15, 0.2) is 54.6 Å². The number of nitrogens with zero attached hydrogens (tertiary/aromatic N) is 1. The summed E-state index contributed by atoms with van der Waals surface area (Å²) < 4.78 is 12.1. The van der Waals surface area contributed by atoms with Gasteiger partial charge in [-0.3, -0.25) is 9.59 Å². The van der Waals surface area contributed by atoms with Crippen molar-refractivity contribution in [1.29, 1.82) is 5.26 Å². The highest BCUT2D eigenvalue weighted by Crippen LogP contribution is 2.65. The van der Waals surface area contributed by atoms with Crippen molar-refractivity contribution < 1.29 is 14.0 Å². The van der Waals surface area contributed by atoms with Crippen LogP contribution in [0.1, 0.15) is 33.0 Å². The molecule has 0 heterocycles. The van der Waals surface area contributed by atoms with Crippen molar-refractivity contribution in [3.63, 3.8) is 0 Å². The molecule has 0 aliphatic heterocycles. The SMILES string of the molecule is C[Si](C)(C)C#Cc1ccc(C2C(C(=O)Nc3ccc(Cl)c(C(=O)Nc4ccc(F)cc4C#N)c3)C2(Cl)Cl)cc1Cl. The first-order valence-corrected chi connectivity index (χ1v) is 17.0. The van der Waals surface area contributed by atoms with Crippen LogP contribution < -0.4 is 10.6 Å². The molecule has 0 spiro atoms. The molecule has 40 heavy (non-hydrogen) atoms. The molecule has 1 aliphatic carbocycles. The van der Waals surface area contributed by atoms with E-state index in [-0.39, 0.29) is 27.5 Å². The number of halogens is 5. The molecule has 4 rings (SSSR count). The average Bonchev–Trinajstić information content (AvgIpc) is 3.46. The van der Waals surface area contributed by atoms with Crippen molar-refractivity contribution in [3.8, 4) is 17.5 Å². The maximum atomic E-state index is 13.4. The summed E-state index contributed by atoms with van der Waals surface area (Å²) in [5.41, 5.74) is 5.05. The molecule has 2 unspecified atom stereocenters. The van der Waals surface area contributed by atoms with Gasteiger partial charge in [0.1, 0.15) is 24.3 Å². The van der Waals surface area contributed by atoms with Gasteiger partial charge in [-0.05, 0) is 54.1 Å². The van der Waals surface area contributed by atoms with E-state index in [1.165, 1.54) is 24.3 Å². The normalized spacial score (nSPS) is 17.2. The Hall–Kier alpha value is -3.04. The minimum atomic E-state index is -1.59. The Morgan fingerprint density at radius 3 is 2.33 bits per heavy atom. The molecule has 11 heteroatoms. The fraction of sp³-hybridized carbons (Fsp3) is 0.207. The number of amides is 2. The van der Waals surface area contributed by atoms with Crippen LogP contribution in [0.4, 0.5) is 15.8 Å². The van der Waals surface area contributed by atoms with E-state index >= 15 is 0 Å². The predicted molar refractivity (Wildman–Crippen MR) is 161 cm³/mol. The molecule has 1 aliphatic rings. The molecule has 0 saturated heterocycles. The molecule has 3 aromatic rings. The highest BCUT2D eigenvalue weighted by Gasteiger charge is 2.67. The van der Waals surface area contributed by atoms with E-state index in [4.69, 9.17) is 46.4 Å². The molecule has 204 valence electrons. The van der Waals surface area contributed by atoms with Crippen LogP contribution in [0.3, 0.4) is 0 Å². The lowest BCUT2D eigenvalue weighted by Crippen LogP contribution is -2.18. The van der Waals surface area contributed by atoms with Gasteiger partial charge < -0.3 is 10.6 Å². The third-order valence-corrected chi connectivity index (χ3v) is 8.55. The maximum Gasteiger partial charge on any atom is 0.257 e. The third kappa shape index (κ3) is 6.63. The number of nitrogens with one attached hydrogen (secondary N) is 2. The van der Waals surface area contributed by atoms with E-state index in [9.17, 15) is 19.2 Å². The first kappa shape index (κ1) is 29.9. The van der Waals surface area contributed by atoms with E-state index in [0.717, 1.165) is 12.1 Å². The Kier molecular flexibility index (Phi) is 8.56. The first-order valence-electron chi connectivity index (χ1n) is 12.0. The van der Waals surface area contributed by atoms with Gasteiger partial charge in [-0.2, -0.15) is 5.26 Å². The zero-order valence-corrected chi connectivity index (χ0v) is 25.5. The monoisotopic (exact) mass is 631 g/mol. The van der Waals surface area contributed by atoms with Gasteiger partial charge in [0.15, 0.2) is 0 Å². The van der Waals surface area contributed by atoms with E-state index < -0.39 is 41.9 Å². The minimum Gasteiger partial charge on any atom is -0.326 e. The third-order valence-electron chi connectivity index (χ3n) is 6.09. The van der Waals surface area contributed by atoms with Crippen molar-refractivity contribution in [3.05, 3.63) is 92.7 Å². The molecule has 2 amide bonds. The number of hydrogen-bond donors (Lipinski definition) is 2. The number of carbonyl (C=O) groups is 2. The molecule has 1 fully saturated rings. The first-order chi connectivity index (χ1) is 18.7. The fourth-order valence-electron chi connectivity index (χ4n) is 4.05. The summed E-state index contributed by atoms with van der Waals surface area (Å²) in [4.78, 5) is 26.1. The fourth-order valence-corrected chi connectivity index (χ4v) is 5.83. The summed E-state index contributed by atoms with van der Waals surface area (Å²) in [5, 5.41) is 15.1. The second kappa shape index (κ2) is 11.4. The molecule has 0 radical (unpaired) electrons. The Morgan fingerprint density at radius 2 is 1.68 bits per heavy atom. The number of carbonyl (C=O) groups excluding carboxylic acids is 2. The zero-order valence-electron chi connectivity index (χ0n) is 21.5. The molecule has 3 aromatic carbocycles. The smallest absolute Gasteiger partial charge is 0.257 e. The molecule has 1 saturated carbocycles. The zero-order chi connectivity index (χ0) is 29.4. The summed E-state index contributed by atoms with van der Waals surface area (Å²) in [6.45, 7) is 6.41. The number of benzene rings is 3. The van der Waals surface area contributed by atoms with Gasteiger partial charge in [0, 0.05) is 17.2 Å². The molecule has 5 nitrogen and oxygen atoms in total. The average molecular weight is 633 g/mol. The summed E-state index contributed by atoms with van der Waals surface area (Å²) >= 11 is 25.7. The Bertz CT molecular complexity index is 1640. The van der Waals surface area contributed by atoms with E-state index in [2.05, 4.69) is 41.7 Å². The number of rotatable bonds is 5. The molecular formula is C29H22Cl4FN3O2Si. The predicted octanol–water partition coefficient (Wildman–Crippen LogP) is 8.01. The molecule has 0 bridgehead atoms. The van der Waals surface area contributed by atoms with Gasteiger partial charge in [-0.15, -0.1) is 28.7 Å². The number of alkyl halides is 2. The van der Waals surface area contributed by atoms with Crippen molar-refractivity contribution >= 4 is 77.7 Å². The lowest BCUT2D eigenvalue weighted by Gasteiger charge is -2.11. The van der Waals surface area contributed by atoms with Crippen molar-refractivity contribution in [2.24, 2.45) is 5.92 Å². The van der Waals surface area contributed by atoms with Crippen LogP contribution in [-0.2, 0) is 4.79 Å². The van der Waals surface area contributed by atoms with Gasteiger partial charge in [0.25, 0.3) is 5.91 Å². The quantitative estimate of drug-likeness (QED) is 0.170. The molecule has 0 aromatic heterocycles. The Morgan fingerprint density at radius 1 is 0.950 bits per heavy atom. The van der Waals surface area contributed by atoms with Crippen LogP contribution >= 0.6 is 46.4 Å². The van der Waals surface area contributed by atoms with Gasteiger partial charge >= 0.3 is 0 Å². The van der Waals surface area contributed by atoms with Crippen LogP contribution in [0.2, 0.25) is 29.7 Å². The van der Waals surface area contributed by atoms with Crippen molar-refractivity contribution in [2.45, 2.75) is 29.9 Å². The Labute approximate surface area is 252 Å². The Balaban J connectivity index is 1.50. The lowest BCUT2D eigenvalue weighted by molar-refractivity contribution is -0.117. The second-order valence-corrected chi connectivity index (χ2v) is 17.3. The van der Waals surface area contributed by atoms with Gasteiger partial charge in [0.2, 0.25) is 5.91 Å². The van der Waals surface area contributed by atoms with Crippen LogP contribution in [0, 0.1) is 34.5 Å². The number of anilines is 2. The topological polar surface area (TPSA) is 82.0 Å². The van der Waals surface area contributed by atoms with E-state index in [0.29, 0.717) is 16.1 Å². The second-order valence-electron chi connectivity index (χ2n) is 10.3. The lowest BCUT2D eigenvalue weighted by atomic mass is 10.1. The molecule has 2 N–H and O–H groups in total. The summed E-state index contributed by atoms with van der Waals surface area (Å²) in [6, 6.07) is 14.9. The highest BCUT2D eigenvalue weighted by molar-refractivity contribution is 6.83. The minimum absolute atomic E-state index is 0.0323. The summed E-state index contributed by atoms with van der Waals surface area (Å²) in [5.74, 6) is 0.126. The van der Waals surface area contributed by atoms with Crippen LogP contribution in [0.25, 0.3) is 0 Å².